The first-order chi connectivity index (χ1) is 7.08. The highest BCUT2D eigenvalue weighted by atomic mass is 79.9. The fraction of sp³-hybridized carbons (Fsp3) is 0.364. The van der Waals surface area contributed by atoms with Gasteiger partial charge < -0.3 is 5.73 Å². The summed E-state index contributed by atoms with van der Waals surface area (Å²) < 4.78 is 2.98. The van der Waals surface area contributed by atoms with Gasteiger partial charge in [0.15, 0.2) is 0 Å². The lowest BCUT2D eigenvalue weighted by Crippen LogP contribution is -2.18. The average molecular weight is 268 g/mol. The largest absolute Gasteiger partial charge is 0.328 e. The van der Waals surface area contributed by atoms with Crippen LogP contribution in [0.4, 0.5) is 0 Å². The Bertz CT molecular complexity index is 488. The normalized spacial score (nSPS) is 13.3. The van der Waals surface area contributed by atoms with Crippen molar-refractivity contribution in [1.29, 1.82) is 0 Å². The van der Waals surface area contributed by atoms with Gasteiger partial charge in [0.25, 0.3) is 0 Å². The molecule has 1 aromatic carbocycles. The lowest BCUT2D eigenvalue weighted by Gasteiger charge is -2.01. The molecule has 0 aliphatic rings. The van der Waals surface area contributed by atoms with Gasteiger partial charge in [0, 0.05) is 29.4 Å². The van der Waals surface area contributed by atoms with Crippen LogP contribution in [0.15, 0.2) is 22.7 Å². The van der Waals surface area contributed by atoms with Crippen LogP contribution in [0.3, 0.4) is 0 Å². The Balaban J connectivity index is 2.59. The van der Waals surface area contributed by atoms with Crippen molar-refractivity contribution in [2.24, 2.45) is 12.8 Å². The van der Waals surface area contributed by atoms with Gasteiger partial charge in [0.05, 0.1) is 11.2 Å². The smallest absolute Gasteiger partial charge is 0.0718 e. The summed E-state index contributed by atoms with van der Waals surface area (Å²) in [5.74, 6) is 0. The molecule has 0 bridgehead atoms. The van der Waals surface area contributed by atoms with Gasteiger partial charge in [0.2, 0.25) is 0 Å². The molecule has 3 nitrogen and oxygen atoms in total. The van der Waals surface area contributed by atoms with E-state index in [1.54, 1.807) is 0 Å². The second-order valence-electron chi connectivity index (χ2n) is 3.91. The summed E-state index contributed by atoms with van der Waals surface area (Å²) in [5.41, 5.74) is 8.02. The molecule has 1 heterocycles. The van der Waals surface area contributed by atoms with Crippen LogP contribution >= 0.6 is 15.9 Å². The van der Waals surface area contributed by atoms with Crippen molar-refractivity contribution < 1.29 is 0 Å². The Kier molecular flexibility index (Phi) is 2.80. The Morgan fingerprint density at radius 3 is 2.93 bits per heavy atom. The van der Waals surface area contributed by atoms with Gasteiger partial charge in [-0.15, -0.1) is 0 Å². The first-order valence-electron chi connectivity index (χ1n) is 4.94. The van der Waals surface area contributed by atoms with E-state index in [0.717, 1.165) is 22.1 Å². The lowest BCUT2D eigenvalue weighted by molar-refractivity contribution is 0.693. The molecule has 0 aliphatic heterocycles. The van der Waals surface area contributed by atoms with Gasteiger partial charge in [-0.05, 0) is 25.1 Å². The van der Waals surface area contributed by atoms with Gasteiger partial charge in [-0.3, -0.25) is 4.68 Å². The highest BCUT2D eigenvalue weighted by Gasteiger charge is 2.10. The molecule has 2 N–H and O–H groups in total. The van der Waals surface area contributed by atoms with E-state index >= 15 is 0 Å². The summed E-state index contributed by atoms with van der Waals surface area (Å²) in [4.78, 5) is 0. The summed E-state index contributed by atoms with van der Waals surface area (Å²) in [6.07, 6.45) is 0.813. The number of aromatic nitrogens is 2. The molecule has 1 atom stereocenters. The van der Waals surface area contributed by atoms with E-state index in [1.807, 2.05) is 24.7 Å². The van der Waals surface area contributed by atoms with Crippen LogP contribution in [0.2, 0.25) is 0 Å². The molecule has 0 fully saturated rings. The average Bonchev–Trinajstić information content (AvgIpc) is 2.42. The summed E-state index contributed by atoms with van der Waals surface area (Å²) in [6.45, 7) is 2.00. The van der Waals surface area contributed by atoms with E-state index in [0.29, 0.717) is 0 Å². The van der Waals surface area contributed by atoms with Crippen molar-refractivity contribution in [2.45, 2.75) is 19.4 Å². The second kappa shape index (κ2) is 3.94. The van der Waals surface area contributed by atoms with Crippen molar-refractivity contribution in [3.05, 3.63) is 28.4 Å². The lowest BCUT2D eigenvalue weighted by atomic mass is 10.1. The van der Waals surface area contributed by atoms with Gasteiger partial charge in [0.1, 0.15) is 0 Å². The predicted octanol–water partition coefficient (Wildman–Crippen LogP) is 2.23. The van der Waals surface area contributed by atoms with Crippen LogP contribution in [-0.2, 0) is 13.5 Å². The number of rotatable bonds is 2. The molecule has 0 aliphatic carbocycles. The topological polar surface area (TPSA) is 43.8 Å². The number of aryl methyl sites for hydroxylation is 1. The molecular formula is C11H14BrN3. The van der Waals surface area contributed by atoms with Gasteiger partial charge in [-0.1, -0.05) is 15.9 Å². The first-order valence-corrected chi connectivity index (χ1v) is 5.74. The monoisotopic (exact) mass is 267 g/mol. The number of hydrogen-bond acceptors (Lipinski definition) is 2. The zero-order valence-electron chi connectivity index (χ0n) is 8.87. The van der Waals surface area contributed by atoms with Crippen LogP contribution in [0.5, 0.6) is 0 Å². The van der Waals surface area contributed by atoms with Gasteiger partial charge >= 0.3 is 0 Å². The van der Waals surface area contributed by atoms with Crippen molar-refractivity contribution in [1.82, 2.24) is 9.78 Å². The molecule has 1 unspecified atom stereocenters. The van der Waals surface area contributed by atoms with Crippen molar-refractivity contribution in [3.8, 4) is 0 Å². The third-order valence-electron chi connectivity index (χ3n) is 2.40. The molecule has 0 saturated carbocycles. The maximum atomic E-state index is 5.80. The first kappa shape index (κ1) is 10.6. The highest BCUT2D eigenvalue weighted by molar-refractivity contribution is 9.10. The Morgan fingerprint density at radius 2 is 2.27 bits per heavy atom. The van der Waals surface area contributed by atoms with E-state index in [-0.39, 0.29) is 6.04 Å². The molecule has 4 heteroatoms. The molecule has 0 amide bonds. The fourth-order valence-corrected chi connectivity index (χ4v) is 2.13. The maximum Gasteiger partial charge on any atom is 0.0718 e. The van der Waals surface area contributed by atoms with Crippen molar-refractivity contribution in [2.75, 3.05) is 0 Å². The molecule has 15 heavy (non-hydrogen) atoms. The number of fused-ring (bicyclic) bond motifs is 1. The standard InChI is InChI=1S/C11H14BrN3/c1-7(13)5-10-9-6-8(12)3-4-11(9)15(2)14-10/h3-4,6-7H,5,13H2,1-2H3. The molecule has 2 aromatic rings. The SMILES string of the molecule is CC(N)Cc1nn(C)c2ccc(Br)cc12. The molecule has 0 saturated heterocycles. The van der Waals surface area contributed by atoms with Crippen LogP contribution in [0.1, 0.15) is 12.6 Å². The molecule has 0 radical (unpaired) electrons. The molecule has 0 spiro atoms. The summed E-state index contributed by atoms with van der Waals surface area (Å²) >= 11 is 3.47. The molecule has 1 aromatic heterocycles. The van der Waals surface area contributed by atoms with E-state index in [1.165, 1.54) is 5.39 Å². The summed E-state index contributed by atoms with van der Waals surface area (Å²) in [7, 11) is 1.96. The van der Waals surface area contributed by atoms with E-state index in [9.17, 15) is 0 Å². The van der Waals surface area contributed by atoms with Gasteiger partial charge in [-0.2, -0.15) is 5.10 Å². The predicted molar refractivity (Wildman–Crippen MR) is 65.8 cm³/mol. The summed E-state index contributed by atoms with van der Waals surface area (Å²) in [5, 5.41) is 5.67. The molecule has 80 valence electrons. The van der Waals surface area contributed by atoms with Crippen LogP contribution in [0.25, 0.3) is 10.9 Å². The van der Waals surface area contributed by atoms with Gasteiger partial charge in [-0.25, -0.2) is 0 Å². The molecule has 2 rings (SSSR count). The zero-order chi connectivity index (χ0) is 11.0. The Hall–Kier alpha value is -0.870. The minimum atomic E-state index is 0.141. The molecular weight excluding hydrogens is 254 g/mol. The van der Waals surface area contributed by atoms with Crippen molar-refractivity contribution in [3.63, 3.8) is 0 Å². The Labute approximate surface area is 97.4 Å². The Morgan fingerprint density at radius 1 is 1.53 bits per heavy atom. The van der Waals surface area contributed by atoms with Crippen molar-refractivity contribution >= 4 is 26.8 Å². The quantitative estimate of drug-likeness (QED) is 0.907. The number of benzene rings is 1. The number of halogens is 1. The minimum Gasteiger partial charge on any atom is -0.328 e. The summed E-state index contributed by atoms with van der Waals surface area (Å²) in [6, 6.07) is 6.33. The number of nitrogens with two attached hydrogens (primary N) is 1. The van der Waals surface area contributed by atoms with E-state index < -0.39 is 0 Å². The fourth-order valence-electron chi connectivity index (χ4n) is 1.77. The third-order valence-corrected chi connectivity index (χ3v) is 2.90. The van der Waals surface area contributed by atoms with Crippen LogP contribution < -0.4 is 5.73 Å². The van der Waals surface area contributed by atoms with E-state index in [2.05, 4.69) is 33.2 Å². The number of hydrogen-bond donors (Lipinski definition) is 1. The zero-order valence-corrected chi connectivity index (χ0v) is 10.5. The number of nitrogens with zero attached hydrogens (tertiary/aromatic N) is 2. The minimum absolute atomic E-state index is 0.141. The van der Waals surface area contributed by atoms with Crippen LogP contribution in [-0.4, -0.2) is 15.8 Å². The highest BCUT2D eigenvalue weighted by Crippen LogP contribution is 2.23. The third kappa shape index (κ3) is 2.06. The maximum absolute atomic E-state index is 5.80. The second-order valence-corrected chi connectivity index (χ2v) is 4.83. The van der Waals surface area contributed by atoms with Crippen LogP contribution in [0, 0.1) is 0 Å². The van der Waals surface area contributed by atoms with E-state index in [4.69, 9.17) is 5.73 Å².